The van der Waals surface area contributed by atoms with Crippen LogP contribution in [-0.2, 0) is 0 Å². The fourth-order valence-corrected chi connectivity index (χ4v) is 3.55. The summed E-state index contributed by atoms with van der Waals surface area (Å²) in [7, 11) is 0. The zero-order chi connectivity index (χ0) is 15.4. The minimum Gasteiger partial charge on any atom is -0.396 e. The molecule has 1 unspecified atom stereocenters. The molecule has 0 spiro atoms. The van der Waals surface area contributed by atoms with E-state index in [1.54, 1.807) is 6.20 Å². The Labute approximate surface area is 131 Å². The maximum absolute atomic E-state index is 12.9. The monoisotopic (exact) mass is 303 g/mol. The average molecular weight is 303 g/mol. The Balaban J connectivity index is 1.77. The van der Waals surface area contributed by atoms with Gasteiger partial charge in [0, 0.05) is 44.0 Å². The summed E-state index contributed by atoms with van der Waals surface area (Å²) in [6, 6.07) is 3.92. The van der Waals surface area contributed by atoms with E-state index < -0.39 is 0 Å². The van der Waals surface area contributed by atoms with E-state index in [-0.39, 0.29) is 18.6 Å². The van der Waals surface area contributed by atoms with Crippen LogP contribution in [0.15, 0.2) is 18.3 Å². The van der Waals surface area contributed by atoms with Crippen molar-refractivity contribution in [2.24, 2.45) is 0 Å². The number of rotatable bonds is 4. The van der Waals surface area contributed by atoms with Gasteiger partial charge in [-0.2, -0.15) is 0 Å². The first kappa shape index (κ1) is 15.3. The standard InChI is InChI=1S/C17H25N3O2/c21-12-7-15-5-1-2-11-20(15)17(22)14-6-8-18-16(13-14)19-9-3-4-10-19/h6,8,13,15,21H,1-5,7,9-12H2. The van der Waals surface area contributed by atoms with Crippen molar-refractivity contribution in [1.82, 2.24) is 9.88 Å². The lowest BCUT2D eigenvalue weighted by molar-refractivity contribution is 0.0574. The first-order chi connectivity index (χ1) is 10.8. The second-order valence-corrected chi connectivity index (χ2v) is 6.26. The number of aromatic nitrogens is 1. The first-order valence-electron chi connectivity index (χ1n) is 8.42. The number of aliphatic hydroxyl groups excluding tert-OH is 1. The molecule has 1 atom stereocenters. The van der Waals surface area contributed by atoms with Gasteiger partial charge >= 0.3 is 0 Å². The van der Waals surface area contributed by atoms with Gasteiger partial charge in [-0.1, -0.05) is 0 Å². The summed E-state index contributed by atoms with van der Waals surface area (Å²) >= 11 is 0. The fraction of sp³-hybridized carbons (Fsp3) is 0.647. The number of nitrogens with zero attached hydrogens (tertiary/aromatic N) is 3. The minimum atomic E-state index is 0.0843. The number of hydrogen-bond donors (Lipinski definition) is 1. The van der Waals surface area contributed by atoms with Gasteiger partial charge in [0.1, 0.15) is 5.82 Å². The number of hydrogen-bond acceptors (Lipinski definition) is 4. The van der Waals surface area contributed by atoms with Crippen LogP contribution in [-0.4, -0.2) is 53.2 Å². The SMILES string of the molecule is O=C(c1ccnc(N2CCCC2)c1)N1CCCCC1CCO. The van der Waals surface area contributed by atoms with Crippen LogP contribution < -0.4 is 4.90 Å². The molecule has 2 aliphatic heterocycles. The molecule has 120 valence electrons. The fourth-order valence-electron chi connectivity index (χ4n) is 3.55. The summed E-state index contributed by atoms with van der Waals surface area (Å²) in [6.45, 7) is 3.00. The van der Waals surface area contributed by atoms with Crippen LogP contribution in [0.5, 0.6) is 0 Å². The quantitative estimate of drug-likeness (QED) is 0.925. The van der Waals surface area contributed by atoms with Gasteiger partial charge in [0.15, 0.2) is 0 Å². The largest absolute Gasteiger partial charge is 0.396 e. The van der Waals surface area contributed by atoms with E-state index in [1.165, 1.54) is 12.8 Å². The maximum atomic E-state index is 12.9. The Bertz CT molecular complexity index is 512. The van der Waals surface area contributed by atoms with Gasteiger partial charge in [0.2, 0.25) is 0 Å². The molecule has 0 saturated carbocycles. The number of aliphatic hydroxyl groups is 1. The molecule has 3 rings (SSSR count). The molecule has 5 heteroatoms. The van der Waals surface area contributed by atoms with E-state index in [4.69, 9.17) is 0 Å². The summed E-state index contributed by atoms with van der Waals surface area (Å²) in [5.74, 6) is 1.00. The van der Waals surface area contributed by atoms with Crippen LogP contribution in [0.2, 0.25) is 0 Å². The van der Waals surface area contributed by atoms with E-state index in [1.807, 2.05) is 17.0 Å². The number of carbonyl (C=O) groups is 1. The van der Waals surface area contributed by atoms with Gasteiger partial charge in [-0.15, -0.1) is 0 Å². The van der Waals surface area contributed by atoms with Crippen molar-refractivity contribution in [3.8, 4) is 0 Å². The van der Waals surface area contributed by atoms with E-state index in [2.05, 4.69) is 9.88 Å². The summed E-state index contributed by atoms with van der Waals surface area (Å²) in [4.78, 5) is 21.5. The Hall–Kier alpha value is -1.62. The lowest BCUT2D eigenvalue weighted by atomic mass is 9.98. The molecule has 0 radical (unpaired) electrons. The minimum absolute atomic E-state index is 0.0843. The molecule has 1 amide bonds. The van der Waals surface area contributed by atoms with E-state index in [0.717, 1.165) is 50.3 Å². The van der Waals surface area contributed by atoms with Crippen molar-refractivity contribution < 1.29 is 9.90 Å². The molecule has 1 aromatic heterocycles. The van der Waals surface area contributed by atoms with Crippen molar-refractivity contribution in [1.29, 1.82) is 0 Å². The molecule has 0 bridgehead atoms. The zero-order valence-electron chi connectivity index (χ0n) is 13.1. The van der Waals surface area contributed by atoms with Crippen molar-refractivity contribution in [2.45, 2.75) is 44.6 Å². The lowest BCUT2D eigenvalue weighted by Crippen LogP contribution is -2.44. The van der Waals surface area contributed by atoms with Gasteiger partial charge < -0.3 is 14.9 Å². The number of piperidine rings is 1. The topological polar surface area (TPSA) is 56.7 Å². The van der Waals surface area contributed by atoms with Crippen molar-refractivity contribution in [3.63, 3.8) is 0 Å². The van der Waals surface area contributed by atoms with Crippen molar-refractivity contribution >= 4 is 11.7 Å². The third kappa shape index (κ3) is 3.24. The van der Waals surface area contributed by atoms with Gasteiger partial charge in [0.05, 0.1) is 0 Å². The first-order valence-corrected chi connectivity index (χ1v) is 8.42. The van der Waals surface area contributed by atoms with E-state index in [9.17, 15) is 9.90 Å². The second kappa shape index (κ2) is 7.09. The molecule has 2 fully saturated rings. The number of carbonyl (C=O) groups excluding carboxylic acids is 1. The number of pyridine rings is 1. The van der Waals surface area contributed by atoms with Gasteiger partial charge in [-0.05, 0) is 50.7 Å². The summed E-state index contributed by atoms with van der Waals surface area (Å²) in [5.41, 5.74) is 0.724. The molecule has 22 heavy (non-hydrogen) atoms. The zero-order valence-corrected chi connectivity index (χ0v) is 13.1. The van der Waals surface area contributed by atoms with Crippen molar-refractivity contribution in [3.05, 3.63) is 23.9 Å². The van der Waals surface area contributed by atoms with E-state index in [0.29, 0.717) is 6.42 Å². The number of likely N-dealkylation sites (tertiary alicyclic amines) is 1. The number of amides is 1. The van der Waals surface area contributed by atoms with Crippen molar-refractivity contribution in [2.75, 3.05) is 31.1 Å². The van der Waals surface area contributed by atoms with Crippen LogP contribution in [0, 0.1) is 0 Å². The Morgan fingerprint density at radius 3 is 2.77 bits per heavy atom. The molecule has 2 aliphatic rings. The van der Waals surface area contributed by atoms with Crippen LogP contribution in [0.25, 0.3) is 0 Å². The molecule has 3 heterocycles. The lowest BCUT2D eigenvalue weighted by Gasteiger charge is -2.35. The van der Waals surface area contributed by atoms with Gasteiger partial charge in [-0.25, -0.2) is 4.98 Å². The predicted molar refractivity (Wildman–Crippen MR) is 86.1 cm³/mol. The molecule has 0 aromatic carbocycles. The van der Waals surface area contributed by atoms with Crippen LogP contribution in [0.4, 0.5) is 5.82 Å². The summed E-state index contributed by atoms with van der Waals surface area (Å²) in [5, 5.41) is 9.22. The Morgan fingerprint density at radius 2 is 2.00 bits per heavy atom. The highest BCUT2D eigenvalue weighted by atomic mass is 16.3. The molecular weight excluding hydrogens is 278 g/mol. The van der Waals surface area contributed by atoms with E-state index >= 15 is 0 Å². The summed E-state index contributed by atoms with van der Waals surface area (Å²) in [6.07, 6.45) is 8.01. The molecule has 5 nitrogen and oxygen atoms in total. The normalized spacial score (nSPS) is 22.1. The predicted octanol–water partition coefficient (Wildman–Crippen LogP) is 2.06. The molecule has 1 aromatic rings. The third-order valence-electron chi connectivity index (χ3n) is 4.77. The maximum Gasteiger partial charge on any atom is 0.254 e. The molecule has 1 N–H and O–H groups in total. The van der Waals surface area contributed by atoms with Crippen LogP contribution >= 0.6 is 0 Å². The third-order valence-corrected chi connectivity index (χ3v) is 4.77. The average Bonchev–Trinajstić information content (AvgIpc) is 3.10. The van der Waals surface area contributed by atoms with Crippen LogP contribution in [0.3, 0.4) is 0 Å². The highest BCUT2D eigenvalue weighted by molar-refractivity contribution is 5.95. The molecule has 2 saturated heterocycles. The smallest absolute Gasteiger partial charge is 0.254 e. The Kier molecular flexibility index (Phi) is 4.93. The Morgan fingerprint density at radius 1 is 1.23 bits per heavy atom. The van der Waals surface area contributed by atoms with Gasteiger partial charge in [0.25, 0.3) is 5.91 Å². The molecule has 0 aliphatic carbocycles. The number of anilines is 1. The second-order valence-electron chi connectivity index (χ2n) is 6.26. The highest BCUT2D eigenvalue weighted by Gasteiger charge is 2.27. The molecular formula is C17H25N3O2. The van der Waals surface area contributed by atoms with Crippen LogP contribution in [0.1, 0.15) is 48.9 Å². The highest BCUT2D eigenvalue weighted by Crippen LogP contribution is 2.24. The van der Waals surface area contributed by atoms with Gasteiger partial charge in [-0.3, -0.25) is 4.79 Å². The summed E-state index contributed by atoms with van der Waals surface area (Å²) < 4.78 is 0.